The predicted octanol–water partition coefficient (Wildman–Crippen LogP) is 3.44. The summed E-state index contributed by atoms with van der Waals surface area (Å²) in [5, 5.41) is 5.09. The van der Waals surface area contributed by atoms with Gasteiger partial charge in [-0.15, -0.1) is 11.3 Å². The quantitative estimate of drug-likeness (QED) is 0.633. The van der Waals surface area contributed by atoms with E-state index in [2.05, 4.69) is 10.6 Å². The zero-order valence-corrected chi connectivity index (χ0v) is 18.6. The number of aryl methyl sites for hydroxylation is 1. The largest absolute Gasteiger partial charge is 0.450 e. The number of benzene rings is 1. The van der Waals surface area contributed by atoms with Gasteiger partial charge in [-0.3, -0.25) is 14.9 Å². The summed E-state index contributed by atoms with van der Waals surface area (Å²) < 4.78 is 29.3. The maximum atomic E-state index is 12.4. The van der Waals surface area contributed by atoms with Crippen LogP contribution in [0.1, 0.15) is 40.6 Å². The van der Waals surface area contributed by atoms with Crippen molar-refractivity contribution in [2.45, 2.75) is 38.5 Å². The number of anilines is 1. The number of alkyl carbamates (subject to hydrolysis) is 1. The Kier molecular flexibility index (Phi) is 8.13. The lowest BCUT2D eigenvalue weighted by molar-refractivity contribution is -0.116. The fourth-order valence-corrected chi connectivity index (χ4v) is 5.07. The minimum Gasteiger partial charge on any atom is -0.450 e. The van der Waals surface area contributed by atoms with E-state index in [-0.39, 0.29) is 35.7 Å². The van der Waals surface area contributed by atoms with Gasteiger partial charge in [0.05, 0.1) is 22.8 Å². The minimum absolute atomic E-state index is 0.0268. The molecule has 0 radical (unpaired) electrons. The highest BCUT2D eigenvalue weighted by Crippen LogP contribution is 2.32. The van der Waals surface area contributed by atoms with Crippen molar-refractivity contribution < 1.29 is 27.5 Å². The number of amides is 3. The Morgan fingerprint density at radius 1 is 1.10 bits per heavy atom. The van der Waals surface area contributed by atoms with Gasteiger partial charge in [0.25, 0.3) is 5.91 Å². The van der Waals surface area contributed by atoms with Crippen LogP contribution in [0.15, 0.2) is 35.2 Å². The fraction of sp³-hybridized carbons (Fsp3) is 0.350. The molecule has 2 N–H and O–H groups in total. The smallest absolute Gasteiger partial charge is 0.414 e. The number of carbonyl (C=O) groups is 3. The number of thiophene rings is 1. The lowest BCUT2D eigenvalue weighted by atomic mass is 10.1. The van der Waals surface area contributed by atoms with E-state index in [4.69, 9.17) is 4.74 Å². The summed E-state index contributed by atoms with van der Waals surface area (Å²) in [5.74, 6) is -1.25. The summed E-state index contributed by atoms with van der Waals surface area (Å²) in [7, 11) is -3.46. The molecule has 0 saturated carbocycles. The van der Waals surface area contributed by atoms with Crippen LogP contribution in [-0.2, 0) is 19.4 Å². The van der Waals surface area contributed by atoms with E-state index < -0.39 is 27.7 Å². The molecule has 0 unspecified atom stereocenters. The maximum Gasteiger partial charge on any atom is 0.414 e. The van der Waals surface area contributed by atoms with E-state index in [1.165, 1.54) is 23.5 Å². The van der Waals surface area contributed by atoms with Gasteiger partial charge >= 0.3 is 6.09 Å². The highest BCUT2D eigenvalue weighted by Gasteiger charge is 2.23. The third kappa shape index (κ3) is 6.14. The van der Waals surface area contributed by atoms with Crippen molar-refractivity contribution in [1.82, 2.24) is 5.32 Å². The Morgan fingerprint density at radius 2 is 1.77 bits per heavy atom. The Morgan fingerprint density at radius 3 is 2.40 bits per heavy atom. The van der Waals surface area contributed by atoms with Crippen LogP contribution in [0.3, 0.4) is 0 Å². The molecule has 1 aromatic heterocycles. The third-order valence-corrected chi connectivity index (χ3v) is 7.21. The first-order valence-electron chi connectivity index (χ1n) is 9.31. The van der Waals surface area contributed by atoms with Gasteiger partial charge in [0.1, 0.15) is 5.00 Å². The van der Waals surface area contributed by atoms with E-state index >= 15 is 0 Å². The lowest BCUT2D eigenvalue weighted by Gasteiger charge is -2.08. The number of carbonyl (C=O) groups excluding carboxylic acids is 3. The predicted molar refractivity (Wildman–Crippen MR) is 115 cm³/mol. The lowest BCUT2D eigenvalue weighted by Crippen LogP contribution is -2.32. The second-order valence-corrected chi connectivity index (χ2v) is 9.78. The standard InChI is InChI=1S/C20H24N2O6S2/c1-4-28-20(25)22-18(24)17-13(2)14(3)29-19(17)21-16(23)11-8-12-30(26,27)15-9-6-5-7-10-15/h5-7,9-10H,4,8,11-12H2,1-3H3,(H,21,23)(H,22,24,25). The Hall–Kier alpha value is -2.72. The first-order valence-corrected chi connectivity index (χ1v) is 11.8. The molecule has 0 fully saturated rings. The molecule has 2 rings (SSSR count). The first-order chi connectivity index (χ1) is 14.2. The van der Waals surface area contributed by atoms with Gasteiger partial charge in [0, 0.05) is 11.3 Å². The number of ether oxygens (including phenoxy) is 1. The van der Waals surface area contributed by atoms with Crippen molar-refractivity contribution in [3.8, 4) is 0 Å². The third-order valence-electron chi connectivity index (χ3n) is 4.28. The normalized spacial score (nSPS) is 11.0. The molecule has 162 valence electrons. The molecular weight excluding hydrogens is 428 g/mol. The molecular formula is C20H24N2O6S2. The van der Waals surface area contributed by atoms with Gasteiger partial charge < -0.3 is 10.1 Å². The van der Waals surface area contributed by atoms with Crippen molar-refractivity contribution in [3.63, 3.8) is 0 Å². The highest BCUT2D eigenvalue weighted by atomic mass is 32.2. The van der Waals surface area contributed by atoms with E-state index in [0.717, 1.165) is 4.88 Å². The molecule has 30 heavy (non-hydrogen) atoms. The Balaban J connectivity index is 2.01. The fourth-order valence-electron chi connectivity index (χ4n) is 2.67. The molecule has 2 aromatic rings. The number of sulfone groups is 1. The number of rotatable bonds is 8. The van der Waals surface area contributed by atoms with Crippen molar-refractivity contribution >= 4 is 44.1 Å². The van der Waals surface area contributed by atoms with E-state index in [1.807, 2.05) is 0 Å². The van der Waals surface area contributed by atoms with Crippen molar-refractivity contribution in [3.05, 3.63) is 46.3 Å². The highest BCUT2D eigenvalue weighted by molar-refractivity contribution is 7.91. The number of hydrogen-bond acceptors (Lipinski definition) is 7. The molecule has 0 aliphatic carbocycles. The SMILES string of the molecule is CCOC(=O)NC(=O)c1c(NC(=O)CCCS(=O)(=O)c2ccccc2)sc(C)c1C. The second-order valence-electron chi connectivity index (χ2n) is 6.45. The summed E-state index contributed by atoms with van der Waals surface area (Å²) in [4.78, 5) is 37.3. The zero-order chi connectivity index (χ0) is 22.3. The Labute approximate surface area is 179 Å². The van der Waals surface area contributed by atoms with Crippen LogP contribution in [0.25, 0.3) is 0 Å². The van der Waals surface area contributed by atoms with Crippen LogP contribution in [0.5, 0.6) is 0 Å². The summed E-state index contributed by atoms with van der Waals surface area (Å²) in [6.07, 6.45) is -0.758. The van der Waals surface area contributed by atoms with Gasteiger partial charge in [-0.1, -0.05) is 18.2 Å². The average molecular weight is 453 g/mol. The van der Waals surface area contributed by atoms with Crippen molar-refractivity contribution in [2.24, 2.45) is 0 Å². The molecule has 0 bridgehead atoms. The maximum absolute atomic E-state index is 12.4. The van der Waals surface area contributed by atoms with Crippen LogP contribution < -0.4 is 10.6 Å². The molecule has 3 amide bonds. The Bertz CT molecular complexity index is 1030. The van der Waals surface area contributed by atoms with Crippen LogP contribution in [0, 0.1) is 13.8 Å². The van der Waals surface area contributed by atoms with E-state index in [9.17, 15) is 22.8 Å². The van der Waals surface area contributed by atoms with Gasteiger partial charge in [-0.25, -0.2) is 13.2 Å². The van der Waals surface area contributed by atoms with Gasteiger partial charge in [0.15, 0.2) is 9.84 Å². The molecule has 8 nitrogen and oxygen atoms in total. The molecule has 0 spiro atoms. The van der Waals surface area contributed by atoms with Gasteiger partial charge in [-0.2, -0.15) is 0 Å². The summed E-state index contributed by atoms with van der Waals surface area (Å²) in [5.41, 5.74) is 0.833. The minimum atomic E-state index is -3.46. The molecule has 10 heteroatoms. The van der Waals surface area contributed by atoms with Crippen LogP contribution in [0.2, 0.25) is 0 Å². The number of imide groups is 1. The number of hydrogen-bond donors (Lipinski definition) is 2. The van der Waals surface area contributed by atoms with Crippen LogP contribution in [0.4, 0.5) is 9.80 Å². The average Bonchev–Trinajstić information content (AvgIpc) is 2.95. The summed E-state index contributed by atoms with van der Waals surface area (Å²) >= 11 is 1.21. The number of nitrogens with one attached hydrogen (secondary N) is 2. The van der Waals surface area contributed by atoms with Crippen molar-refractivity contribution in [1.29, 1.82) is 0 Å². The van der Waals surface area contributed by atoms with Crippen LogP contribution in [-0.4, -0.2) is 38.7 Å². The zero-order valence-electron chi connectivity index (χ0n) is 17.0. The molecule has 1 heterocycles. The van der Waals surface area contributed by atoms with E-state index in [0.29, 0.717) is 10.6 Å². The molecule has 1 aromatic carbocycles. The first kappa shape index (κ1) is 23.6. The molecule has 0 saturated heterocycles. The molecule has 0 aliphatic heterocycles. The van der Waals surface area contributed by atoms with Crippen LogP contribution >= 0.6 is 11.3 Å². The van der Waals surface area contributed by atoms with Gasteiger partial charge in [0.2, 0.25) is 5.91 Å². The molecule has 0 aliphatic rings. The second kappa shape index (κ2) is 10.4. The summed E-state index contributed by atoms with van der Waals surface area (Å²) in [6.45, 7) is 5.25. The van der Waals surface area contributed by atoms with Gasteiger partial charge in [-0.05, 0) is 44.9 Å². The van der Waals surface area contributed by atoms with Crippen molar-refractivity contribution in [2.75, 3.05) is 17.7 Å². The summed E-state index contributed by atoms with van der Waals surface area (Å²) in [6, 6.07) is 8.04. The monoisotopic (exact) mass is 452 g/mol. The van der Waals surface area contributed by atoms with E-state index in [1.54, 1.807) is 39.0 Å². The molecule has 0 atom stereocenters. The topological polar surface area (TPSA) is 119 Å².